The standard InChI is InChI=1S/C10H10ClN3/c11-10-2-1-9(5-8(10)6-12)14-4-3-13-7-14/h1-5,7H,6,12H2. The lowest BCUT2D eigenvalue weighted by atomic mass is 10.2. The lowest BCUT2D eigenvalue weighted by Crippen LogP contribution is -1.99. The van der Waals surface area contributed by atoms with Crippen LogP contribution >= 0.6 is 11.6 Å². The predicted octanol–water partition coefficient (Wildman–Crippen LogP) is 1.98. The molecule has 0 fully saturated rings. The highest BCUT2D eigenvalue weighted by Gasteiger charge is 2.01. The number of aromatic nitrogens is 2. The highest BCUT2D eigenvalue weighted by molar-refractivity contribution is 6.31. The molecule has 3 nitrogen and oxygen atoms in total. The van der Waals surface area contributed by atoms with Gasteiger partial charge in [-0.05, 0) is 23.8 Å². The molecule has 14 heavy (non-hydrogen) atoms. The van der Waals surface area contributed by atoms with Gasteiger partial charge in [-0.15, -0.1) is 0 Å². The molecule has 0 aliphatic heterocycles. The van der Waals surface area contributed by atoms with Crippen LogP contribution in [-0.4, -0.2) is 9.55 Å². The minimum absolute atomic E-state index is 0.446. The summed E-state index contributed by atoms with van der Waals surface area (Å²) in [6.07, 6.45) is 5.35. The van der Waals surface area contributed by atoms with Crippen molar-refractivity contribution >= 4 is 11.6 Å². The third kappa shape index (κ3) is 1.64. The maximum Gasteiger partial charge on any atom is 0.0991 e. The van der Waals surface area contributed by atoms with E-state index in [2.05, 4.69) is 4.98 Å². The third-order valence-electron chi connectivity index (χ3n) is 2.05. The molecule has 0 saturated carbocycles. The molecule has 1 aromatic carbocycles. The van der Waals surface area contributed by atoms with Crippen molar-refractivity contribution < 1.29 is 0 Å². The smallest absolute Gasteiger partial charge is 0.0991 e. The van der Waals surface area contributed by atoms with Crippen molar-refractivity contribution in [2.45, 2.75) is 6.54 Å². The summed E-state index contributed by atoms with van der Waals surface area (Å²) in [4.78, 5) is 3.98. The largest absolute Gasteiger partial charge is 0.326 e. The van der Waals surface area contributed by atoms with Gasteiger partial charge in [0, 0.05) is 29.6 Å². The van der Waals surface area contributed by atoms with Gasteiger partial charge in [-0.2, -0.15) is 0 Å². The van der Waals surface area contributed by atoms with Crippen LogP contribution in [-0.2, 0) is 6.54 Å². The molecule has 0 amide bonds. The van der Waals surface area contributed by atoms with Crippen molar-refractivity contribution in [3.8, 4) is 5.69 Å². The number of nitrogens with two attached hydrogens (primary N) is 1. The Morgan fingerprint density at radius 1 is 1.43 bits per heavy atom. The van der Waals surface area contributed by atoms with Crippen molar-refractivity contribution in [1.82, 2.24) is 9.55 Å². The Kier molecular flexibility index (Phi) is 2.52. The first kappa shape index (κ1) is 9.24. The van der Waals surface area contributed by atoms with Crippen molar-refractivity contribution in [3.05, 3.63) is 47.5 Å². The molecular formula is C10H10ClN3. The van der Waals surface area contributed by atoms with Gasteiger partial charge in [0.25, 0.3) is 0 Å². The van der Waals surface area contributed by atoms with Crippen molar-refractivity contribution in [2.24, 2.45) is 5.73 Å². The van der Waals surface area contributed by atoms with Crippen LogP contribution in [0.4, 0.5) is 0 Å². The molecule has 72 valence electrons. The summed E-state index contributed by atoms with van der Waals surface area (Å²) >= 11 is 5.95. The summed E-state index contributed by atoms with van der Waals surface area (Å²) in [6, 6.07) is 5.74. The Hall–Kier alpha value is -1.32. The topological polar surface area (TPSA) is 43.8 Å². The Bertz CT molecular complexity index is 423. The van der Waals surface area contributed by atoms with Gasteiger partial charge >= 0.3 is 0 Å². The monoisotopic (exact) mass is 207 g/mol. The molecule has 0 aliphatic carbocycles. The molecule has 2 aromatic rings. The number of rotatable bonds is 2. The van der Waals surface area contributed by atoms with Gasteiger partial charge in [-0.3, -0.25) is 0 Å². The molecule has 0 spiro atoms. The number of hydrogen-bond donors (Lipinski definition) is 1. The predicted molar refractivity (Wildman–Crippen MR) is 56.5 cm³/mol. The highest BCUT2D eigenvalue weighted by atomic mass is 35.5. The first-order valence-electron chi connectivity index (χ1n) is 4.28. The molecule has 0 atom stereocenters. The molecular weight excluding hydrogens is 198 g/mol. The van der Waals surface area contributed by atoms with Gasteiger partial charge in [0.05, 0.1) is 6.33 Å². The van der Waals surface area contributed by atoms with E-state index in [0.717, 1.165) is 11.3 Å². The van der Waals surface area contributed by atoms with E-state index in [4.69, 9.17) is 17.3 Å². The maximum absolute atomic E-state index is 5.95. The molecule has 2 rings (SSSR count). The molecule has 0 aliphatic rings. The van der Waals surface area contributed by atoms with E-state index in [0.29, 0.717) is 11.6 Å². The zero-order valence-electron chi connectivity index (χ0n) is 7.52. The fourth-order valence-corrected chi connectivity index (χ4v) is 1.48. The van der Waals surface area contributed by atoms with Gasteiger partial charge in [0.15, 0.2) is 0 Å². The molecule has 0 saturated heterocycles. The average Bonchev–Trinajstić information content (AvgIpc) is 2.71. The van der Waals surface area contributed by atoms with E-state index in [-0.39, 0.29) is 0 Å². The van der Waals surface area contributed by atoms with E-state index >= 15 is 0 Å². The number of benzene rings is 1. The Labute approximate surface area is 87.1 Å². The Morgan fingerprint density at radius 3 is 2.93 bits per heavy atom. The second kappa shape index (κ2) is 3.82. The fraction of sp³-hybridized carbons (Fsp3) is 0.100. The van der Waals surface area contributed by atoms with Crippen LogP contribution in [0, 0.1) is 0 Å². The highest BCUT2D eigenvalue weighted by Crippen LogP contribution is 2.19. The van der Waals surface area contributed by atoms with Gasteiger partial charge in [0.1, 0.15) is 0 Å². The van der Waals surface area contributed by atoms with E-state index in [1.807, 2.05) is 29.0 Å². The molecule has 1 aromatic heterocycles. The van der Waals surface area contributed by atoms with Crippen LogP contribution < -0.4 is 5.73 Å². The summed E-state index contributed by atoms with van der Waals surface area (Å²) in [7, 11) is 0. The fourth-order valence-electron chi connectivity index (χ4n) is 1.29. The van der Waals surface area contributed by atoms with Crippen LogP contribution in [0.5, 0.6) is 0 Å². The van der Waals surface area contributed by atoms with Crippen LogP contribution in [0.2, 0.25) is 5.02 Å². The summed E-state index contributed by atoms with van der Waals surface area (Å²) in [5.74, 6) is 0. The number of halogens is 1. The van der Waals surface area contributed by atoms with Crippen molar-refractivity contribution in [1.29, 1.82) is 0 Å². The summed E-state index contributed by atoms with van der Waals surface area (Å²) in [5, 5.41) is 0.705. The van der Waals surface area contributed by atoms with Crippen LogP contribution in [0.25, 0.3) is 5.69 Å². The normalized spacial score (nSPS) is 10.4. The van der Waals surface area contributed by atoms with Crippen LogP contribution in [0.15, 0.2) is 36.9 Å². The first-order chi connectivity index (χ1) is 6.81. The Balaban J connectivity index is 2.46. The molecule has 2 N–H and O–H groups in total. The minimum Gasteiger partial charge on any atom is -0.326 e. The minimum atomic E-state index is 0.446. The molecule has 0 radical (unpaired) electrons. The Morgan fingerprint density at radius 2 is 2.29 bits per heavy atom. The van der Waals surface area contributed by atoms with Crippen molar-refractivity contribution in [2.75, 3.05) is 0 Å². The van der Waals surface area contributed by atoms with E-state index in [1.165, 1.54) is 0 Å². The summed E-state index contributed by atoms with van der Waals surface area (Å²) in [5.41, 5.74) is 7.53. The lowest BCUT2D eigenvalue weighted by molar-refractivity contribution is 1.02. The van der Waals surface area contributed by atoms with Gasteiger partial charge < -0.3 is 10.3 Å². The lowest BCUT2D eigenvalue weighted by Gasteiger charge is -2.05. The molecule has 0 unspecified atom stereocenters. The van der Waals surface area contributed by atoms with Crippen LogP contribution in [0.3, 0.4) is 0 Å². The molecule has 1 heterocycles. The SMILES string of the molecule is NCc1cc(-n2ccnc2)ccc1Cl. The molecule has 0 bridgehead atoms. The number of hydrogen-bond acceptors (Lipinski definition) is 2. The van der Waals surface area contributed by atoms with E-state index < -0.39 is 0 Å². The summed E-state index contributed by atoms with van der Waals surface area (Å²) < 4.78 is 1.91. The van der Waals surface area contributed by atoms with E-state index in [9.17, 15) is 0 Å². The van der Waals surface area contributed by atoms with E-state index in [1.54, 1.807) is 12.5 Å². The maximum atomic E-state index is 5.95. The zero-order chi connectivity index (χ0) is 9.97. The van der Waals surface area contributed by atoms with Gasteiger partial charge in [0.2, 0.25) is 0 Å². The second-order valence-corrected chi connectivity index (χ2v) is 3.36. The van der Waals surface area contributed by atoms with Gasteiger partial charge in [-0.1, -0.05) is 11.6 Å². The van der Waals surface area contributed by atoms with Crippen molar-refractivity contribution in [3.63, 3.8) is 0 Å². The summed E-state index contributed by atoms with van der Waals surface area (Å²) in [6.45, 7) is 0.446. The second-order valence-electron chi connectivity index (χ2n) is 2.95. The third-order valence-corrected chi connectivity index (χ3v) is 2.42. The van der Waals surface area contributed by atoms with Crippen LogP contribution in [0.1, 0.15) is 5.56 Å². The first-order valence-corrected chi connectivity index (χ1v) is 4.66. The quantitative estimate of drug-likeness (QED) is 0.819. The number of imidazole rings is 1. The van der Waals surface area contributed by atoms with Gasteiger partial charge in [-0.25, -0.2) is 4.98 Å². The average molecular weight is 208 g/mol. The zero-order valence-corrected chi connectivity index (χ0v) is 8.28. The number of nitrogens with zero attached hydrogens (tertiary/aromatic N) is 2. The molecule has 4 heteroatoms.